The van der Waals surface area contributed by atoms with Crippen molar-refractivity contribution in [3.05, 3.63) is 81.4 Å². The van der Waals surface area contributed by atoms with Crippen molar-refractivity contribution in [1.29, 1.82) is 0 Å². The molecule has 174 valence electrons. The highest BCUT2D eigenvalue weighted by molar-refractivity contribution is 8.26. The van der Waals surface area contributed by atoms with E-state index >= 15 is 0 Å². The highest BCUT2D eigenvalue weighted by Crippen LogP contribution is 2.34. The Bertz CT molecular complexity index is 1280. The Morgan fingerprint density at radius 1 is 1.21 bits per heavy atom. The van der Waals surface area contributed by atoms with E-state index in [0.29, 0.717) is 45.9 Å². The van der Waals surface area contributed by atoms with E-state index in [4.69, 9.17) is 33.0 Å². The maximum Gasteiger partial charge on any atom is 0.337 e. The highest BCUT2D eigenvalue weighted by Gasteiger charge is 2.32. The average Bonchev–Trinajstić information content (AvgIpc) is 3.38. The van der Waals surface area contributed by atoms with Gasteiger partial charge in [-0.3, -0.25) is 9.69 Å². The monoisotopic (exact) mass is 513 g/mol. The molecule has 2 heterocycles. The summed E-state index contributed by atoms with van der Waals surface area (Å²) >= 11 is 12.6. The predicted octanol–water partition coefficient (Wildman–Crippen LogP) is 6.14. The molecule has 0 aliphatic carbocycles. The van der Waals surface area contributed by atoms with Gasteiger partial charge in [0.05, 0.1) is 22.1 Å². The zero-order valence-corrected chi connectivity index (χ0v) is 20.5. The molecular formula is C25H20ClNO5S2. The number of thioether (sulfide) groups is 1. The molecule has 0 saturated carbocycles. The first-order chi connectivity index (χ1) is 16.4. The van der Waals surface area contributed by atoms with Gasteiger partial charge in [0, 0.05) is 18.2 Å². The number of aromatic carboxylic acids is 1. The molecule has 2 aromatic carbocycles. The minimum Gasteiger partial charge on any atom is -0.494 e. The lowest BCUT2D eigenvalue weighted by Crippen LogP contribution is -2.30. The minimum absolute atomic E-state index is 0.00878. The molecule has 34 heavy (non-hydrogen) atoms. The zero-order chi connectivity index (χ0) is 24.2. The number of benzene rings is 2. The molecule has 0 radical (unpaired) electrons. The molecule has 6 nitrogen and oxygen atoms in total. The van der Waals surface area contributed by atoms with Crippen LogP contribution in [-0.2, 0) is 11.2 Å². The van der Waals surface area contributed by atoms with Gasteiger partial charge in [0.15, 0.2) is 0 Å². The molecule has 4 rings (SSSR count). The van der Waals surface area contributed by atoms with Crippen molar-refractivity contribution in [1.82, 2.24) is 4.90 Å². The van der Waals surface area contributed by atoms with Crippen molar-refractivity contribution in [2.24, 2.45) is 0 Å². The van der Waals surface area contributed by atoms with Crippen LogP contribution in [0.25, 0.3) is 17.4 Å². The summed E-state index contributed by atoms with van der Waals surface area (Å²) < 4.78 is 11.8. The summed E-state index contributed by atoms with van der Waals surface area (Å²) in [5.41, 5.74) is 1.65. The van der Waals surface area contributed by atoms with Crippen molar-refractivity contribution in [3.63, 3.8) is 0 Å². The number of carboxylic acids is 1. The Kier molecular flexibility index (Phi) is 7.41. The van der Waals surface area contributed by atoms with Crippen LogP contribution in [0.3, 0.4) is 0 Å². The van der Waals surface area contributed by atoms with Gasteiger partial charge in [-0.2, -0.15) is 0 Å². The number of furan rings is 1. The largest absolute Gasteiger partial charge is 0.494 e. The van der Waals surface area contributed by atoms with Gasteiger partial charge in [-0.25, -0.2) is 4.79 Å². The van der Waals surface area contributed by atoms with E-state index in [1.54, 1.807) is 29.2 Å². The molecule has 1 amide bonds. The van der Waals surface area contributed by atoms with Gasteiger partial charge in [0.2, 0.25) is 0 Å². The first-order valence-electron chi connectivity index (χ1n) is 10.5. The molecular weight excluding hydrogens is 494 g/mol. The van der Waals surface area contributed by atoms with E-state index in [1.165, 1.54) is 23.9 Å². The number of carbonyl (C=O) groups is 2. The van der Waals surface area contributed by atoms with E-state index in [1.807, 2.05) is 31.2 Å². The van der Waals surface area contributed by atoms with E-state index in [9.17, 15) is 14.7 Å². The van der Waals surface area contributed by atoms with E-state index in [2.05, 4.69) is 0 Å². The van der Waals surface area contributed by atoms with Gasteiger partial charge in [-0.05, 0) is 61.4 Å². The van der Waals surface area contributed by atoms with Crippen LogP contribution in [0.1, 0.15) is 28.6 Å². The van der Waals surface area contributed by atoms with Crippen LogP contribution in [0.5, 0.6) is 5.75 Å². The molecule has 0 bridgehead atoms. The number of carbonyl (C=O) groups excluding carboxylic acids is 1. The van der Waals surface area contributed by atoms with Crippen molar-refractivity contribution < 1.29 is 23.8 Å². The van der Waals surface area contributed by atoms with Gasteiger partial charge < -0.3 is 14.3 Å². The average molecular weight is 514 g/mol. The second kappa shape index (κ2) is 10.5. The van der Waals surface area contributed by atoms with Crippen molar-refractivity contribution in [3.8, 4) is 17.1 Å². The molecule has 3 aromatic rings. The molecule has 0 atom stereocenters. The lowest BCUT2D eigenvalue weighted by molar-refractivity contribution is -0.122. The second-order valence-electron chi connectivity index (χ2n) is 7.36. The molecule has 9 heteroatoms. The Morgan fingerprint density at radius 3 is 2.68 bits per heavy atom. The Morgan fingerprint density at radius 2 is 1.97 bits per heavy atom. The maximum absolute atomic E-state index is 12.9. The quantitative estimate of drug-likeness (QED) is 0.286. The summed E-state index contributed by atoms with van der Waals surface area (Å²) in [5.74, 6) is 0.465. The van der Waals surface area contributed by atoms with Crippen molar-refractivity contribution >= 4 is 57.9 Å². The van der Waals surface area contributed by atoms with Gasteiger partial charge in [0.1, 0.15) is 21.6 Å². The van der Waals surface area contributed by atoms with E-state index in [-0.39, 0.29) is 16.5 Å². The molecule has 1 N–H and O–H groups in total. The lowest BCUT2D eigenvalue weighted by Gasteiger charge is -2.14. The van der Waals surface area contributed by atoms with Crippen LogP contribution in [0.15, 0.2) is 63.9 Å². The van der Waals surface area contributed by atoms with Gasteiger partial charge in [0.25, 0.3) is 5.91 Å². The predicted molar refractivity (Wildman–Crippen MR) is 137 cm³/mol. The lowest BCUT2D eigenvalue weighted by atomic mass is 10.1. The number of ether oxygens (including phenoxy) is 1. The van der Waals surface area contributed by atoms with Crippen LogP contribution in [-0.4, -0.2) is 39.4 Å². The normalized spacial score (nSPS) is 14.8. The molecule has 0 spiro atoms. The summed E-state index contributed by atoms with van der Waals surface area (Å²) in [4.78, 5) is 26.3. The van der Waals surface area contributed by atoms with E-state index in [0.717, 1.165) is 11.3 Å². The number of halogens is 1. The first-order valence-corrected chi connectivity index (χ1v) is 12.1. The van der Waals surface area contributed by atoms with Crippen LogP contribution >= 0.6 is 35.6 Å². The van der Waals surface area contributed by atoms with Crippen LogP contribution in [0, 0.1) is 0 Å². The molecule has 1 aromatic heterocycles. The Balaban J connectivity index is 1.45. The third-order valence-electron chi connectivity index (χ3n) is 5.11. The molecule has 1 aliphatic rings. The maximum atomic E-state index is 12.9. The Labute approximate surface area is 211 Å². The standard InChI is InChI=1S/C25H20ClNO5S2/c1-2-31-17-6-3-15(4-7-17)11-12-27-23(28)22(34-25(27)33)14-18-8-10-21(32-18)16-5-9-20(26)19(13-16)24(29)30/h3-10,13-14H,2,11-12H2,1H3,(H,29,30)/b22-14-. The third kappa shape index (κ3) is 5.35. The number of thiocarbonyl (C=S) groups is 1. The zero-order valence-electron chi connectivity index (χ0n) is 18.1. The van der Waals surface area contributed by atoms with Crippen molar-refractivity contribution in [2.75, 3.05) is 13.2 Å². The topological polar surface area (TPSA) is 80.0 Å². The number of carboxylic acid groups (broad SMARTS) is 1. The summed E-state index contributed by atoms with van der Waals surface area (Å²) in [6.07, 6.45) is 2.31. The van der Waals surface area contributed by atoms with Gasteiger partial charge in [-0.1, -0.05) is 47.7 Å². The fourth-order valence-electron chi connectivity index (χ4n) is 3.41. The molecule has 1 fully saturated rings. The third-order valence-corrected chi connectivity index (χ3v) is 6.82. The summed E-state index contributed by atoms with van der Waals surface area (Å²) in [7, 11) is 0. The summed E-state index contributed by atoms with van der Waals surface area (Å²) in [6.45, 7) is 3.03. The smallest absolute Gasteiger partial charge is 0.337 e. The fraction of sp³-hybridized carbons (Fsp3) is 0.160. The summed E-state index contributed by atoms with van der Waals surface area (Å²) in [6, 6.07) is 15.9. The molecule has 1 saturated heterocycles. The minimum atomic E-state index is -1.12. The van der Waals surface area contributed by atoms with Gasteiger partial charge >= 0.3 is 5.97 Å². The highest BCUT2D eigenvalue weighted by atomic mass is 35.5. The Hall–Kier alpha value is -3.07. The number of hydrogen-bond donors (Lipinski definition) is 1. The number of rotatable bonds is 8. The van der Waals surface area contributed by atoms with Gasteiger partial charge in [-0.15, -0.1) is 0 Å². The fourth-order valence-corrected chi connectivity index (χ4v) is 4.90. The van der Waals surface area contributed by atoms with Crippen LogP contribution in [0.4, 0.5) is 0 Å². The summed E-state index contributed by atoms with van der Waals surface area (Å²) in [5, 5.41) is 9.42. The number of hydrogen-bond acceptors (Lipinski definition) is 6. The second-order valence-corrected chi connectivity index (χ2v) is 9.45. The van der Waals surface area contributed by atoms with Crippen LogP contribution < -0.4 is 4.74 Å². The SMILES string of the molecule is CCOc1ccc(CCN2C(=O)/C(=C/c3ccc(-c4ccc(Cl)c(C(=O)O)c4)o3)SC2=S)cc1. The number of amides is 1. The molecule has 0 unspecified atom stereocenters. The van der Waals surface area contributed by atoms with E-state index < -0.39 is 5.97 Å². The van der Waals surface area contributed by atoms with Crippen molar-refractivity contribution in [2.45, 2.75) is 13.3 Å². The molecule has 1 aliphatic heterocycles. The first kappa shape index (κ1) is 24.1. The number of nitrogens with zero attached hydrogens (tertiary/aromatic N) is 1. The van der Waals surface area contributed by atoms with Crippen LogP contribution in [0.2, 0.25) is 5.02 Å².